The average molecular weight is 311 g/mol. The first-order chi connectivity index (χ1) is 11.2. The average Bonchev–Trinajstić information content (AvgIpc) is 2.85. The van der Waals surface area contributed by atoms with E-state index in [-0.39, 0.29) is 0 Å². The second kappa shape index (κ2) is 6.54. The molecular formula is C18H25N5. The first kappa shape index (κ1) is 15.7. The fourth-order valence-electron chi connectivity index (χ4n) is 3.16. The lowest BCUT2D eigenvalue weighted by atomic mass is 10.1. The van der Waals surface area contributed by atoms with Gasteiger partial charge in [0.15, 0.2) is 5.65 Å². The van der Waals surface area contributed by atoms with E-state index in [2.05, 4.69) is 47.4 Å². The molecule has 122 valence electrons. The minimum absolute atomic E-state index is 0.916. The molecule has 0 radical (unpaired) electrons. The molecule has 2 aromatic heterocycles. The Morgan fingerprint density at radius 1 is 1.17 bits per heavy atom. The zero-order chi connectivity index (χ0) is 16.4. The van der Waals surface area contributed by atoms with Crippen LogP contribution in [0.25, 0.3) is 21.9 Å². The third kappa shape index (κ3) is 2.88. The standard InChI is InChI=1S/C18H25N5/c1-5-23(6-2)12-11-19-17-14-9-7-8-10-15(14)20-18-16(17)13(3)21-22(18)4/h7-10H,5-6,11-12H2,1-4H3,(H,19,20). The molecule has 0 spiro atoms. The van der Waals surface area contributed by atoms with Gasteiger partial charge in [0.25, 0.3) is 0 Å². The number of fused-ring (bicyclic) bond motifs is 2. The number of nitrogens with one attached hydrogen (secondary N) is 1. The fraction of sp³-hybridized carbons (Fsp3) is 0.444. The Labute approximate surface area is 137 Å². The van der Waals surface area contributed by atoms with E-state index in [0.717, 1.165) is 59.5 Å². The number of anilines is 1. The van der Waals surface area contributed by atoms with E-state index >= 15 is 0 Å². The largest absolute Gasteiger partial charge is 0.383 e. The topological polar surface area (TPSA) is 46.0 Å². The summed E-state index contributed by atoms with van der Waals surface area (Å²) in [6.45, 7) is 10.6. The summed E-state index contributed by atoms with van der Waals surface area (Å²) in [6.07, 6.45) is 0. The van der Waals surface area contributed by atoms with E-state index < -0.39 is 0 Å². The van der Waals surface area contributed by atoms with Crippen molar-refractivity contribution in [3.63, 3.8) is 0 Å². The van der Waals surface area contributed by atoms with Crippen molar-refractivity contribution in [2.24, 2.45) is 7.05 Å². The van der Waals surface area contributed by atoms with Gasteiger partial charge in [-0.1, -0.05) is 32.0 Å². The number of pyridine rings is 1. The van der Waals surface area contributed by atoms with Crippen molar-refractivity contribution in [3.05, 3.63) is 30.0 Å². The minimum Gasteiger partial charge on any atom is -0.383 e. The first-order valence-electron chi connectivity index (χ1n) is 8.34. The van der Waals surface area contributed by atoms with Crippen molar-refractivity contribution in [3.8, 4) is 0 Å². The van der Waals surface area contributed by atoms with Crippen LogP contribution in [0.1, 0.15) is 19.5 Å². The molecule has 0 fully saturated rings. The van der Waals surface area contributed by atoms with E-state index in [0.29, 0.717) is 0 Å². The van der Waals surface area contributed by atoms with Crippen molar-refractivity contribution in [1.82, 2.24) is 19.7 Å². The molecule has 0 bridgehead atoms. The Morgan fingerprint density at radius 2 is 1.91 bits per heavy atom. The summed E-state index contributed by atoms with van der Waals surface area (Å²) >= 11 is 0. The summed E-state index contributed by atoms with van der Waals surface area (Å²) in [4.78, 5) is 7.20. The molecule has 0 unspecified atom stereocenters. The summed E-state index contributed by atoms with van der Waals surface area (Å²) in [5, 5.41) is 10.5. The predicted octanol–water partition coefficient (Wildman–Crippen LogP) is 3.18. The number of aryl methyl sites for hydroxylation is 2. The molecule has 3 rings (SSSR count). The van der Waals surface area contributed by atoms with Gasteiger partial charge in [-0.2, -0.15) is 5.10 Å². The summed E-state index contributed by atoms with van der Waals surface area (Å²) in [5.41, 5.74) is 4.12. The van der Waals surface area contributed by atoms with Crippen LogP contribution in [-0.2, 0) is 7.05 Å². The zero-order valence-corrected chi connectivity index (χ0v) is 14.4. The molecule has 0 atom stereocenters. The molecule has 0 aliphatic carbocycles. The van der Waals surface area contributed by atoms with Crippen molar-refractivity contribution in [2.75, 3.05) is 31.5 Å². The maximum absolute atomic E-state index is 4.78. The normalized spacial score (nSPS) is 11.7. The van der Waals surface area contributed by atoms with Gasteiger partial charge in [-0.15, -0.1) is 0 Å². The molecule has 5 nitrogen and oxygen atoms in total. The van der Waals surface area contributed by atoms with E-state index in [1.807, 2.05) is 24.7 Å². The monoisotopic (exact) mass is 311 g/mol. The second-order valence-electron chi connectivity index (χ2n) is 5.87. The molecule has 2 heterocycles. The van der Waals surface area contributed by atoms with Crippen LogP contribution in [0.3, 0.4) is 0 Å². The molecular weight excluding hydrogens is 286 g/mol. The lowest BCUT2D eigenvalue weighted by Gasteiger charge is -2.19. The summed E-state index contributed by atoms with van der Waals surface area (Å²) in [7, 11) is 1.96. The van der Waals surface area contributed by atoms with Gasteiger partial charge in [0, 0.05) is 25.5 Å². The van der Waals surface area contributed by atoms with Gasteiger partial charge < -0.3 is 10.2 Å². The quantitative estimate of drug-likeness (QED) is 0.759. The van der Waals surface area contributed by atoms with Gasteiger partial charge in [0.05, 0.1) is 22.3 Å². The van der Waals surface area contributed by atoms with E-state index in [4.69, 9.17) is 4.98 Å². The summed E-state index contributed by atoms with van der Waals surface area (Å²) in [6, 6.07) is 8.29. The Bertz CT molecular complexity index is 817. The molecule has 0 saturated heterocycles. The van der Waals surface area contributed by atoms with Gasteiger partial charge in [-0.05, 0) is 26.1 Å². The minimum atomic E-state index is 0.916. The van der Waals surface area contributed by atoms with Crippen molar-refractivity contribution >= 4 is 27.6 Å². The number of benzene rings is 1. The second-order valence-corrected chi connectivity index (χ2v) is 5.87. The number of aromatic nitrogens is 3. The highest BCUT2D eigenvalue weighted by atomic mass is 15.3. The van der Waals surface area contributed by atoms with Gasteiger partial charge >= 0.3 is 0 Å². The molecule has 0 aliphatic rings. The number of likely N-dealkylation sites (N-methyl/N-ethyl adjacent to an activating group) is 1. The maximum atomic E-state index is 4.78. The number of nitrogens with zero attached hydrogens (tertiary/aromatic N) is 4. The molecule has 23 heavy (non-hydrogen) atoms. The predicted molar refractivity (Wildman–Crippen MR) is 97.0 cm³/mol. The number of rotatable bonds is 6. The van der Waals surface area contributed by atoms with Crippen LogP contribution in [0.15, 0.2) is 24.3 Å². The van der Waals surface area contributed by atoms with Gasteiger partial charge in [-0.3, -0.25) is 4.68 Å². The van der Waals surface area contributed by atoms with Crippen LogP contribution in [0.2, 0.25) is 0 Å². The highest BCUT2D eigenvalue weighted by Crippen LogP contribution is 2.32. The molecule has 1 N–H and O–H groups in total. The van der Waals surface area contributed by atoms with Crippen LogP contribution in [0.5, 0.6) is 0 Å². The Morgan fingerprint density at radius 3 is 2.65 bits per heavy atom. The third-order valence-corrected chi connectivity index (χ3v) is 4.47. The fourth-order valence-corrected chi connectivity index (χ4v) is 3.16. The summed E-state index contributed by atoms with van der Waals surface area (Å²) in [5.74, 6) is 0. The van der Waals surface area contributed by atoms with Crippen LogP contribution in [0.4, 0.5) is 5.69 Å². The highest BCUT2D eigenvalue weighted by molar-refractivity contribution is 6.07. The number of hydrogen-bond donors (Lipinski definition) is 1. The van der Waals surface area contributed by atoms with Crippen molar-refractivity contribution < 1.29 is 0 Å². The van der Waals surface area contributed by atoms with Gasteiger partial charge in [0.1, 0.15) is 0 Å². The third-order valence-electron chi connectivity index (χ3n) is 4.47. The van der Waals surface area contributed by atoms with Crippen molar-refractivity contribution in [2.45, 2.75) is 20.8 Å². The smallest absolute Gasteiger partial charge is 0.160 e. The SMILES string of the molecule is CCN(CC)CCNc1c2ccccc2nc2c1c(C)nn2C. The Balaban J connectivity index is 2.04. The molecule has 1 aromatic carbocycles. The molecule has 0 amide bonds. The molecule has 3 aromatic rings. The molecule has 0 saturated carbocycles. The van der Waals surface area contributed by atoms with E-state index in [1.54, 1.807) is 0 Å². The van der Waals surface area contributed by atoms with Crippen LogP contribution >= 0.6 is 0 Å². The maximum Gasteiger partial charge on any atom is 0.160 e. The lowest BCUT2D eigenvalue weighted by molar-refractivity contribution is 0.316. The highest BCUT2D eigenvalue weighted by Gasteiger charge is 2.15. The van der Waals surface area contributed by atoms with Crippen LogP contribution in [0, 0.1) is 6.92 Å². The first-order valence-corrected chi connectivity index (χ1v) is 8.34. The van der Waals surface area contributed by atoms with Crippen LogP contribution in [-0.4, -0.2) is 45.8 Å². The van der Waals surface area contributed by atoms with Crippen LogP contribution < -0.4 is 5.32 Å². The molecule has 5 heteroatoms. The van der Waals surface area contributed by atoms with E-state index in [9.17, 15) is 0 Å². The van der Waals surface area contributed by atoms with Gasteiger partial charge in [-0.25, -0.2) is 4.98 Å². The molecule has 0 aliphatic heterocycles. The van der Waals surface area contributed by atoms with Gasteiger partial charge in [0.2, 0.25) is 0 Å². The Kier molecular flexibility index (Phi) is 4.48. The number of para-hydroxylation sites is 1. The lowest BCUT2D eigenvalue weighted by Crippen LogP contribution is -2.28. The number of hydrogen-bond acceptors (Lipinski definition) is 4. The zero-order valence-electron chi connectivity index (χ0n) is 14.4. The van der Waals surface area contributed by atoms with E-state index in [1.165, 1.54) is 0 Å². The van der Waals surface area contributed by atoms with Crippen molar-refractivity contribution in [1.29, 1.82) is 0 Å². The Hall–Kier alpha value is -2.14. The summed E-state index contributed by atoms with van der Waals surface area (Å²) < 4.78 is 1.87.